The van der Waals surface area contributed by atoms with Gasteiger partial charge in [0, 0.05) is 18.9 Å². The monoisotopic (exact) mass is 338 g/mol. The Labute approximate surface area is 140 Å². The summed E-state index contributed by atoms with van der Waals surface area (Å²) in [6.45, 7) is 11.0. The smallest absolute Gasteiger partial charge is 0.334 e. The highest BCUT2D eigenvalue weighted by atomic mass is 17.1. The van der Waals surface area contributed by atoms with Gasteiger partial charge in [-0.25, -0.2) is 9.68 Å². The number of fused-ring (bicyclic) bond motifs is 3. The molecule has 1 saturated carbocycles. The molecule has 3 fully saturated rings. The lowest BCUT2D eigenvalue weighted by atomic mass is 9.80. The fraction of sp³-hybridized carbons (Fsp3) is 0.647. The first-order chi connectivity index (χ1) is 11.3. The van der Waals surface area contributed by atoms with Crippen molar-refractivity contribution in [1.29, 1.82) is 0 Å². The van der Waals surface area contributed by atoms with Crippen LogP contribution in [-0.4, -0.2) is 47.2 Å². The van der Waals surface area contributed by atoms with Gasteiger partial charge < -0.3 is 14.2 Å². The second-order valence-electron chi connectivity index (χ2n) is 6.92. The molecule has 1 aliphatic carbocycles. The van der Waals surface area contributed by atoms with Gasteiger partial charge in [-0.3, -0.25) is 10.1 Å². The van der Waals surface area contributed by atoms with E-state index in [1.807, 2.05) is 6.92 Å². The maximum Gasteiger partial charge on any atom is 0.334 e. The molecule has 2 aliphatic heterocycles. The third-order valence-corrected chi connectivity index (χ3v) is 5.17. The zero-order valence-corrected chi connectivity index (χ0v) is 13.8. The zero-order chi connectivity index (χ0) is 17.6. The van der Waals surface area contributed by atoms with Crippen molar-refractivity contribution >= 4 is 11.9 Å². The van der Waals surface area contributed by atoms with E-state index >= 15 is 0 Å². The predicted octanol–water partition coefficient (Wildman–Crippen LogP) is 1.77. The topological polar surface area (TPSA) is 94.6 Å². The molecule has 0 radical (unpaired) electrons. The van der Waals surface area contributed by atoms with Crippen LogP contribution in [0.5, 0.6) is 0 Å². The van der Waals surface area contributed by atoms with Gasteiger partial charge >= 0.3 is 11.9 Å². The van der Waals surface area contributed by atoms with Crippen molar-refractivity contribution in [2.24, 2.45) is 5.92 Å². The molecule has 24 heavy (non-hydrogen) atoms. The summed E-state index contributed by atoms with van der Waals surface area (Å²) < 4.78 is 16.7. The number of esters is 2. The van der Waals surface area contributed by atoms with Gasteiger partial charge in [0.05, 0.1) is 11.5 Å². The largest absolute Gasteiger partial charge is 0.461 e. The number of hydrogen-bond acceptors (Lipinski definition) is 7. The molecule has 6 atom stereocenters. The van der Waals surface area contributed by atoms with E-state index in [1.165, 1.54) is 6.92 Å². The van der Waals surface area contributed by atoms with Gasteiger partial charge in [-0.2, -0.15) is 0 Å². The Morgan fingerprint density at radius 2 is 2.12 bits per heavy atom. The van der Waals surface area contributed by atoms with Crippen molar-refractivity contribution in [2.45, 2.75) is 63.1 Å². The number of ether oxygens (including phenoxy) is 3. The van der Waals surface area contributed by atoms with E-state index in [0.29, 0.717) is 18.4 Å². The van der Waals surface area contributed by atoms with Crippen molar-refractivity contribution in [3.63, 3.8) is 0 Å². The van der Waals surface area contributed by atoms with Crippen LogP contribution in [-0.2, 0) is 28.7 Å². The molecule has 7 heteroatoms. The van der Waals surface area contributed by atoms with Crippen LogP contribution < -0.4 is 0 Å². The Bertz CT molecular complexity index is 598. The molecule has 2 saturated heterocycles. The van der Waals surface area contributed by atoms with Crippen LogP contribution >= 0.6 is 0 Å². The maximum absolute atomic E-state index is 12.0. The fourth-order valence-electron chi connectivity index (χ4n) is 3.76. The summed E-state index contributed by atoms with van der Waals surface area (Å²) in [5.41, 5.74) is 0.361. The highest BCUT2D eigenvalue weighted by Gasteiger charge is 2.63. The molecular weight excluding hydrogens is 316 g/mol. The molecule has 0 bridgehead atoms. The molecule has 3 rings (SSSR count). The van der Waals surface area contributed by atoms with Crippen LogP contribution in [0.2, 0.25) is 0 Å². The molecule has 0 aromatic carbocycles. The first-order valence-corrected chi connectivity index (χ1v) is 7.99. The van der Waals surface area contributed by atoms with Crippen molar-refractivity contribution < 1.29 is 33.9 Å². The van der Waals surface area contributed by atoms with Crippen molar-refractivity contribution in [1.82, 2.24) is 0 Å². The molecular formula is C17H22O7. The minimum Gasteiger partial charge on any atom is -0.461 e. The first kappa shape index (κ1) is 17.1. The molecule has 0 aromatic rings. The first-order valence-electron chi connectivity index (χ1n) is 7.99. The number of carbonyl (C=O) groups is 2. The van der Waals surface area contributed by atoms with Crippen molar-refractivity contribution in [3.05, 3.63) is 24.3 Å². The summed E-state index contributed by atoms with van der Waals surface area (Å²) in [5.74, 6) is -1.49. The van der Waals surface area contributed by atoms with E-state index in [1.54, 1.807) is 0 Å². The molecule has 7 nitrogen and oxygen atoms in total. The Morgan fingerprint density at radius 1 is 1.42 bits per heavy atom. The van der Waals surface area contributed by atoms with Crippen LogP contribution in [0.15, 0.2) is 24.3 Å². The van der Waals surface area contributed by atoms with E-state index in [-0.39, 0.29) is 18.1 Å². The van der Waals surface area contributed by atoms with E-state index in [0.717, 1.165) is 0 Å². The van der Waals surface area contributed by atoms with E-state index in [2.05, 4.69) is 18.0 Å². The summed E-state index contributed by atoms with van der Waals surface area (Å²) in [4.78, 5) is 28.1. The summed E-state index contributed by atoms with van der Waals surface area (Å²) in [7, 11) is 0. The predicted molar refractivity (Wildman–Crippen MR) is 81.8 cm³/mol. The van der Waals surface area contributed by atoms with Gasteiger partial charge in [0.1, 0.15) is 24.4 Å². The van der Waals surface area contributed by atoms with E-state index in [9.17, 15) is 9.59 Å². The molecule has 1 N–H and O–H groups in total. The van der Waals surface area contributed by atoms with E-state index < -0.39 is 41.8 Å². The molecule has 2 heterocycles. The molecule has 0 aromatic heterocycles. The number of hydrogen-bond donors (Lipinski definition) is 1. The zero-order valence-electron chi connectivity index (χ0n) is 13.8. The number of rotatable bonds is 2. The maximum atomic E-state index is 12.0. The summed E-state index contributed by atoms with van der Waals surface area (Å²) in [6.07, 6.45) is -0.746. The lowest BCUT2D eigenvalue weighted by molar-refractivity contribution is -0.271. The molecule has 3 aliphatic rings. The second-order valence-corrected chi connectivity index (χ2v) is 6.92. The minimum atomic E-state index is -0.678. The van der Waals surface area contributed by atoms with Crippen LogP contribution in [0.1, 0.15) is 33.1 Å². The van der Waals surface area contributed by atoms with Gasteiger partial charge in [0.15, 0.2) is 0 Å². The Balaban J connectivity index is 1.96. The normalized spacial score (nSPS) is 42.0. The van der Waals surface area contributed by atoms with Crippen molar-refractivity contribution in [2.75, 3.05) is 0 Å². The number of epoxide rings is 1. The van der Waals surface area contributed by atoms with Gasteiger partial charge in [0.2, 0.25) is 0 Å². The van der Waals surface area contributed by atoms with Gasteiger partial charge in [0.25, 0.3) is 0 Å². The SMILES string of the molecule is C=C1C(=O)O[C@H]2[C@H]1C(OC(C)=O)CC(=C)[C@H](OO)CC[C@@]1(C)O[C@H]21. The standard InChI is InChI=1S/C17H22O7/c1-8-7-12(21-10(3)18)13-9(2)16(19)22-14(13)15-17(4,23-15)6-5-11(8)24-20/h11-15,20H,1-2,5-7H2,3-4H3/t11-,12?,13-,14+,15-,17-/m1/s1. The molecule has 132 valence electrons. The lowest BCUT2D eigenvalue weighted by Crippen LogP contribution is -2.39. The molecule has 0 amide bonds. The van der Waals surface area contributed by atoms with Gasteiger partial charge in [-0.1, -0.05) is 13.2 Å². The number of carbonyl (C=O) groups excluding carboxylic acids is 2. The van der Waals surface area contributed by atoms with Gasteiger partial charge in [-0.05, 0) is 25.3 Å². The average Bonchev–Trinajstić information content (AvgIpc) is 3.07. The molecule has 0 spiro atoms. The lowest BCUT2D eigenvalue weighted by Gasteiger charge is -2.30. The quantitative estimate of drug-likeness (QED) is 0.205. The summed E-state index contributed by atoms with van der Waals surface area (Å²) in [5, 5.41) is 9.17. The summed E-state index contributed by atoms with van der Waals surface area (Å²) >= 11 is 0. The Morgan fingerprint density at radius 3 is 2.75 bits per heavy atom. The fourth-order valence-corrected chi connectivity index (χ4v) is 3.76. The summed E-state index contributed by atoms with van der Waals surface area (Å²) in [6, 6.07) is 0. The minimum absolute atomic E-state index is 0.241. The highest BCUT2D eigenvalue weighted by Crippen LogP contribution is 2.50. The molecule has 1 unspecified atom stereocenters. The van der Waals surface area contributed by atoms with Gasteiger partial charge in [-0.15, -0.1) is 0 Å². The Hall–Kier alpha value is -1.70. The van der Waals surface area contributed by atoms with Crippen LogP contribution in [0, 0.1) is 5.92 Å². The van der Waals surface area contributed by atoms with Crippen molar-refractivity contribution in [3.8, 4) is 0 Å². The van der Waals surface area contributed by atoms with Crippen LogP contribution in [0.25, 0.3) is 0 Å². The second kappa shape index (κ2) is 5.98. The Kier molecular flexibility index (Phi) is 4.27. The van der Waals surface area contributed by atoms with Crippen LogP contribution in [0.3, 0.4) is 0 Å². The van der Waals surface area contributed by atoms with Crippen LogP contribution in [0.4, 0.5) is 0 Å². The third-order valence-electron chi connectivity index (χ3n) is 5.17. The van der Waals surface area contributed by atoms with E-state index in [4.69, 9.17) is 19.5 Å². The third kappa shape index (κ3) is 2.87. The average molecular weight is 338 g/mol. The highest BCUT2D eigenvalue weighted by molar-refractivity contribution is 5.91.